The molecule has 5 N–H and O–H groups in total. The fourth-order valence-electron chi connectivity index (χ4n) is 8.44. The Kier molecular flexibility index (Phi) is 3.73. The van der Waals surface area contributed by atoms with Gasteiger partial charge in [-0.2, -0.15) is 0 Å². The van der Waals surface area contributed by atoms with E-state index in [1.165, 1.54) is 7.11 Å². The first-order valence-electron chi connectivity index (χ1n) is 10.4. The van der Waals surface area contributed by atoms with Crippen LogP contribution in [0.15, 0.2) is 12.2 Å². The van der Waals surface area contributed by atoms with Gasteiger partial charge in [0.05, 0.1) is 29.1 Å². The Morgan fingerprint density at radius 3 is 2.39 bits per heavy atom. The molecule has 0 amide bonds. The fourth-order valence-corrected chi connectivity index (χ4v) is 8.44. The van der Waals surface area contributed by atoms with Crippen LogP contribution in [0.3, 0.4) is 0 Å². The van der Waals surface area contributed by atoms with Crippen LogP contribution in [0, 0.1) is 34.0 Å². The summed E-state index contributed by atoms with van der Waals surface area (Å²) in [5.74, 6) is -3.55. The van der Waals surface area contributed by atoms with Crippen molar-refractivity contribution >= 4 is 0 Å². The molecule has 0 aromatic rings. The largest absolute Gasteiger partial charge is 0.392 e. The normalized spacial score (nSPS) is 61.8. The highest BCUT2D eigenvalue weighted by Gasteiger charge is 2.88. The Balaban J connectivity index is 1.83. The minimum Gasteiger partial charge on any atom is -0.392 e. The maximum Gasteiger partial charge on any atom is 0.206 e. The van der Waals surface area contributed by atoms with Gasteiger partial charge in [-0.05, 0) is 42.6 Å². The molecule has 6 rings (SSSR count). The van der Waals surface area contributed by atoms with Gasteiger partial charge in [0.15, 0.2) is 6.29 Å². The average Bonchev–Trinajstić information content (AvgIpc) is 2.75. The molecular weight excluding hydrogens is 364 g/mol. The summed E-state index contributed by atoms with van der Waals surface area (Å²) < 4.78 is 11.7. The molecule has 4 bridgehead atoms. The van der Waals surface area contributed by atoms with Gasteiger partial charge in [-0.25, -0.2) is 0 Å². The number of ether oxygens (including phenoxy) is 2. The van der Waals surface area contributed by atoms with Crippen molar-refractivity contribution in [2.24, 2.45) is 34.0 Å². The summed E-state index contributed by atoms with van der Waals surface area (Å²) in [7, 11) is 1.47. The fraction of sp³-hybridized carbons (Fsp3) is 0.905. The molecule has 2 spiro atoms. The Hall–Kier alpha value is -0.540. The smallest absolute Gasteiger partial charge is 0.206 e. The predicted octanol–water partition coefficient (Wildman–Crippen LogP) is 0.140. The third kappa shape index (κ3) is 1.64. The quantitative estimate of drug-likeness (QED) is 0.400. The molecule has 4 saturated carbocycles. The molecule has 28 heavy (non-hydrogen) atoms. The van der Waals surface area contributed by atoms with E-state index in [0.29, 0.717) is 31.3 Å². The zero-order valence-corrected chi connectivity index (χ0v) is 16.7. The van der Waals surface area contributed by atoms with Crippen molar-refractivity contribution in [1.82, 2.24) is 0 Å². The maximum atomic E-state index is 11.9. The molecule has 2 aliphatic heterocycles. The van der Waals surface area contributed by atoms with Gasteiger partial charge < -0.3 is 35.0 Å². The van der Waals surface area contributed by atoms with Crippen LogP contribution in [-0.4, -0.2) is 69.1 Å². The van der Waals surface area contributed by atoms with Crippen LogP contribution in [0.1, 0.15) is 39.5 Å². The maximum absolute atomic E-state index is 11.9. The Morgan fingerprint density at radius 1 is 1.07 bits per heavy atom. The van der Waals surface area contributed by atoms with E-state index >= 15 is 0 Å². The molecule has 7 nitrogen and oxygen atoms in total. The third-order valence-corrected chi connectivity index (χ3v) is 9.36. The van der Waals surface area contributed by atoms with Gasteiger partial charge in [0, 0.05) is 18.9 Å². The van der Waals surface area contributed by atoms with Crippen molar-refractivity contribution in [3.05, 3.63) is 12.2 Å². The summed E-state index contributed by atoms with van der Waals surface area (Å²) in [4.78, 5) is 0. The van der Waals surface area contributed by atoms with Crippen LogP contribution >= 0.6 is 0 Å². The second-order valence-corrected chi connectivity index (χ2v) is 10.4. The van der Waals surface area contributed by atoms with Crippen molar-refractivity contribution in [1.29, 1.82) is 0 Å². The van der Waals surface area contributed by atoms with Gasteiger partial charge >= 0.3 is 0 Å². The lowest BCUT2D eigenvalue weighted by atomic mass is 9.35. The van der Waals surface area contributed by atoms with E-state index in [1.807, 2.05) is 13.8 Å². The van der Waals surface area contributed by atoms with Crippen LogP contribution in [0.4, 0.5) is 0 Å². The van der Waals surface area contributed by atoms with Gasteiger partial charge in [0.2, 0.25) is 5.79 Å². The molecule has 7 heteroatoms. The molecule has 158 valence electrons. The Labute approximate surface area is 165 Å². The predicted molar refractivity (Wildman–Crippen MR) is 97.6 cm³/mol. The zero-order chi connectivity index (χ0) is 20.4. The Morgan fingerprint density at radius 2 is 1.75 bits per heavy atom. The molecule has 0 aromatic carbocycles. The van der Waals surface area contributed by atoms with Crippen molar-refractivity contribution in [3.8, 4) is 0 Å². The first kappa shape index (κ1) is 19.4. The van der Waals surface area contributed by atoms with Gasteiger partial charge in [0.1, 0.15) is 6.10 Å². The summed E-state index contributed by atoms with van der Waals surface area (Å²) in [5.41, 5.74) is -2.50. The van der Waals surface area contributed by atoms with Crippen LogP contribution in [-0.2, 0) is 9.47 Å². The highest BCUT2D eigenvalue weighted by atomic mass is 16.8. The first-order chi connectivity index (χ1) is 13.0. The van der Waals surface area contributed by atoms with Crippen LogP contribution < -0.4 is 0 Å². The second-order valence-electron chi connectivity index (χ2n) is 10.4. The summed E-state index contributed by atoms with van der Waals surface area (Å²) in [6, 6.07) is 0. The molecule has 0 radical (unpaired) electrons. The highest BCUT2D eigenvalue weighted by molar-refractivity contribution is 5.38. The first-order valence-corrected chi connectivity index (χ1v) is 10.4. The molecule has 11 atom stereocenters. The lowest BCUT2D eigenvalue weighted by Crippen LogP contribution is -2.88. The molecule has 6 fully saturated rings. The van der Waals surface area contributed by atoms with E-state index in [-0.39, 0.29) is 5.92 Å². The highest BCUT2D eigenvalue weighted by Crippen LogP contribution is 2.78. The van der Waals surface area contributed by atoms with E-state index in [2.05, 4.69) is 6.58 Å². The van der Waals surface area contributed by atoms with E-state index in [9.17, 15) is 25.5 Å². The van der Waals surface area contributed by atoms with Crippen molar-refractivity contribution < 1.29 is 35.0 Å². The zero-order valence-electron chi connectivity index (χ0n) is 16.7. The summed E-state index contributed by atoms with van der Waals surface area (Å²) in [6.45, 7) is 8.05. The molecule has 2 saturated heterocycles. The second kappa shape index (κ2) is 5.38. The van der Waals surface area contributed by atoms with E-state index in [4.69, 9.17) is 9.47 Å². The van der Waals surface area contributed by atoms with Crippen molar-refractivity contribution in [2.75, 3.05) is 7.11 Å². The number of hydrogen-bond acceptors (Lipinski definition) is 7. The number of hydrogen-bond donors (Lipinski definition) is 5. The number of aliphatic hydroxyl groups excluding tert-OH is 4. The van der Waals surface area contributed by atoms with Crippen LogP contribution in [0.25, 0.3) is 0 Å². The lowest BCUT2D eigenvalue weighted by molar-refractivity contribution is -0.524. The van der Waals surface area contributed by atoms with Gasteiger partial charge in [-0.1, -0.05) is 20.4 Å². The summed E-state index contributed by atoms with van der Waals surface area (Å²) in [6.07, 6.45) is -3.14. The van der Waals surface area contributed by atoms with Gasteiger partial charge in [-0.3, -0.25) is 0 Å². The third-order valence-electron chi connectivity index (χ3n) is 9.36. The van der Waals surface area contributed by atoms with Crippen molar-refractivity contribution in [3.63, 3.8) is 0 Å². The molecule has 0 aromatic heterocycles. The van der Waals surface area contributed by atoms with E-state index < -0.39 is 64.6 Å². The standard InChI is InChI=1S/C21H32O7/c1-9-10-5-6-11-19-12(22)7-8-18(2,3)13(19)16(25)21(26,28-17(19)27-4)20(11,14(9)23)15(10)24/h10-17,22-26H,1,5-8H2,2-4H3/t10-,11-,12-,13+,14+,15+,16-,17-,19-,20-,21-/m0/s1. The van der Waals surface area contributed by atoms with Crippen molar-refractivity contribution in [2.45, 2.75) is 76.0 Å². The van der Waals surface area contributed by atoms with Gasteiger partial charge in [0.25, 0.3) is 0 Å². The average molecular weight is 396 g/mol. The molecule has 6 aliphatic rings. The van der Waals surface area contributed by atoms with E-state index in [0.717, 1.165) is 0 Å². The molecular formula is C21H32O7. The molecule has 2 heterocycles. The summed E-state index contributed by atoms with van der Waals surface area (Å²) >= 11 is 0. The number of fused-ring (bicyclic) bond motifs is 2. The van der Waals surface area contributed by atoms with E-state index in [1.54, 1.807) is 0 Å². The topological polar surface area (TPSA) is 120 Å². The molecule has 0 unspecified atom stereocenters. The monoisotopic (exact) mass is 396 g/mol. The number of rotatable bonds is 1. The van der Waals surface area contributed by atoms with Gasteiger partial charge in [-0.15, -0.1) is 0 Å². The number of methoxy groups -OCH3 is 1. The SMILES string of the molecule is C=C1[C@@H](O)[C@]23[C@H](O)[C@H]1CC[C@H]2[C@@]12[C@@H](OC)O[C@@]3(O)[C@@H](O)[C@@H]1C(C)(C)CC[C@@H]2O. The lowest BCUT2D eigenvalue weighted by Gasteiger charge is -2.77. The minimum absolute atomic E-state index is 0.366. The Bertz CT molecular complexity index is 724. The van der Waals surface area contributed by atoms with Crippen LogP contribution in [0.5, 0.6) is 0 Å². The molecule has 4 aliphatic carbocycles. The van der Waals surface area contributed by atoms with Crippen LogP contribution in [0.2, 0.25) is 0 Å². The minimum atomic E-state index is -2.20. The summed E-state index contributed by atoms with van der Waals surface area (Å²) in [5, 5.41) is 57.3. The number of aliphatic hydroxyl groups is 5.